The molecular weight excluding hydrogens is 402 g/mol. The monoisotopic (exact) mass is 429 g/mol. The maximum Gasteiger partial charge on any atom is 0.268 e. The average Bonchev–Trinajstić information content (AvgIpc) is 3.34. The molecule has 2 aromatic carbocycles. The van der Waals surface area contributed by atoms with Crippen molar-refractivity contribution in [3.63, 3.8) is 0 Å². The van der Waals surface area contributed by atoms with E-state index in [2.05, 4.69) is 39.8 Å². The van der Waals surface area contributed by atoms with Gasteiger partial charge in [-0.05, 0) is 42.7 Å². The van der Waals surface area contributed by atoms with Crippen molar-refractivity contribution in [2.75, 3.05) is 13.1 Å². The van der Waals surface area contributed by atoms with Crippen LogP contribution in [-0.2, 0) is 11.3 Å². The molecule has 1 fully saturated rings. The van der Waals surface area contributed by atoms with E-state index in [0.29, 0.717) is 11.3 Å². The van der Waals surface area contributed by atoms with Crippen LogP contribution in [-0.4, -0.2) is 35.8 Å². The summed E-state index contributed by atoms with van der Waals surface area (Å²) >= 11 is 0. The summed E-state index contributed by atoms with van der Waals surface area (Å²) in [5.74, 6) is -0.149. The number of amides is 2. The number of likely N-dealkylation sites (tertiary alicyclic amines) is 1. The van der Waals surface area contributed by atoms with Gasteiger partial charge in [-0.2, -0.15) is 0 Å². The molecule has 2 amide bonds. The Kier molecular flexibility index (Phi) is 7.15. The predicted molar refractivity (Wildman–Crippen MR) is 123 cm³/mol. The molecule has 4 rings (SSSR count). The first-order chi connectivity index (χ1) is 15.7. The molecule has 1 saturated heterocycles. The molecule has 0 bridgehead atoms. The number of benzene rings is 2. The van der Waals surface area contributed by atoms with E-state index in [0.717, 1.165) is 32.5 Å². The molecule has 1 aliphatic rings. The van der Waals surface area contributed by atoms with E-state index >= 15 is 0 Å². The molecular formula is C26H27N3O3. The zero-order valence-electron chi connectivity index (χ0n) is 17.9. The third-order valence-corrected chi connectivity index (χ3v) is 5.53. The number of hydrogen-bond donors (Lipinski definition) is 2. The van der Waals surface area contributed by atoms with E-state index in [1.54, 1.807) is 42.5 Å². The second kappa shape index (κ2) is 10.6. The first kappa shape index (κ1) is 21.6. The summed E-state index contributed by atoms with van der Waals surface area (Å²) in [7, 11) is 0. The molecule has 32 heavy (non-hydrogen) atoms. The number of nitrogens with one attached hydrogen (secondary N) is 2. The summed E-state index contributed by atoms with van der Waals surface area (Å²) < 4.78 is 5.35. The summed E-state index contributed by atoms with van der Waals surface area (Å²) in [5, 5.41) is 5.82. The Balaban J connectivity index is 1.37. The minimum absolute atomic E-state index is 0.0585. The topological polar surface area (TPSA) is 74.6 Å². The Bertz CT molecular complexity index is 1040. The van der Waals surface area contributed by atoms with Crippen molar-refractivity contribution in [1.82, 2.24) is 15.5 Å². The lowest BCUT2D eigenvalue weighted by atomic mass is 10.0. The fraction of sp³-hybridized carbons (Fsp3) is 0.231. The summed E-state index contributed by atoms with van der Waals surface area (Å²) in [6.45, 7) is 2.74. The highest BCUT2D eigenvalue weighted by Gasteiger charge is 2.23. The van der Waals surface area contributed by atoms with Gasteiger partial charge in [-0.15, -0.1) is 0 Å². The number of piperidine rings is 1. The van der Waals surface area contributed by atoms with Gasteiger partial charge in [0.15, 0.2) is 0 Å². The fourth-order valence-corrected chi connectivity index (χ4v) is 3.80. The third kappa shape index (κ3) is 5.95. The number of hydrogen-bond acceptors (Lipinski definition) is 4. The van der Waals surface area contributed by atoms with Gasteiger partial charge < -0.3 is 15.1 Å². The van der Waals surface area contributed by atoms with E-state index in [1.165, 1.54) is 11.8 Å². The van der Waals surface area contributed by atoms with Gasteiger partial charge in [0.25, 0.3) is 11.8 Å². The van der Waals surface area contributed by atoms with Crippen molar-refractivity contribution < 1.29 is 14.0 Å². The predicted octanol–water partition coefficient (Wildman–Crippen LogP) is 3.83. The van der Waals surface area contributed by atoms with Crippen molar-refractivity contribution >= 4 is 17.9 Å². The Labute approximate surface area is 187 Å². The van der Waals surface area contributed by atoms with E-state index in [4.69, 9.17) is 4.42 Å². The lowest BCUT2D eigenvalue weighted by molar-refractivity contribution is -0.118. The summed E-state index contributed by atoms with van der Waals surface area (Å²) in [6, 6.07) is 22.8. The first-order valence-electron chi connectivity index (χ1n) is 10.9. The second-order valence-electron chi connectivity index (χ2n) is 7.90. The standard InChI is InChI=1S/C26H27N3O3/c30-25(21-10-5-2-6-11-21)28-24(18-23-12-7-17-32-23)26(31)27-22-13-15-29(16-14-22)19-20-8-3-1-4-9-20/h1-12,17-18,22H,13-16,19H2,(H,27,31)(H,28,30)/b24-18-. The molecule has 0 atom stereocenters. The molecule has 2 N–H and O–H groups in total. The van der Waals surface area contributed by atoms with Crippen LogP contribution in [0.5, 0.6) is 0 Å². The molecule has 0 spiro atoms. The van der Waals surface area contributed by atoms with Crippen LogP contribution in [0.2, 0.25) is 0 Å². The van der Waals surface area contributed by atoms with Gasteiger partial charge in [-0.3, -0.25) is 14.5 Å². The van der Waals surface area contributed by atoms with Crippen LogP contribution in [0.15, 0.2) is 89.2 Å². The van der Waals surface area contributed by atoms with Gasteiger partial charge in [0.1, 0.15) is 11.5 Å². The number of furan rings is 1. The number of carbonyl (C=O) groups excluding carboxylic acids is 2. The largest absolute Gasteiger partial charge is 0.465 e. The Morgan fingerprint density at radius 1 is 0.938 bits per heavy atom. The molecule has 0 aliphatic carbocycles. The maximum atomic E-state index is 13.0. The number of rotatable bonds is 7. The van der Waals surface area contributed by atoms with E-state index in [9.17, 15) is 9.59 Å². The SMILES string of the molecule is O=C(NC1CCN(Cc2ccccc2)CC1)/C(=C/c1ccco1)NC(=O)c1ccccc1. The average molecular weight is 430 g/mol. The second-order valence-corrected chi connectivity index (χ2v) is 7.90. The van der Waals surface area contributed by atoms with Gasteiger partial charge in [0.05, 0.1) is 6.26 Å². The molecule has 0 radical (unpaired) electrons. The normalized spacial score (nSPS) is 15.3. The maximum absolute atomic E-state index is 13.0. The van der Waals surface area contributed by atoms with Gasteiger partial charge in [-0.1, -0.05) is 48.5 Å². The molecule has 1 aromatic heterocycles. The molecule has 0 unspecified atom stereocenters. The number of nitrogens with zero attached hydrogens (tertiary/aromatic N) is 1. The first-order valence-corrected chi connectivity index (χ1v) is 10.9. The van der Waals surface area contributed by atoms with Gasteiger partial charge in [0, 0.05) is 37.3 Å². The summed E-state index contributed by atoms with van der Waals surface area (Å²) in [6.07, 6.45) is 4.81. The van der Waals surface area contributed by atoms with Crippen molar-refractivity contribution in [2.45, 2.75) is 25.4 Å². The summed E-state index contributed by atoms with van der Waals surface area (Å²) in [5.41, 5.74) is 1.95. The quantitative estimate of drug-likeness (QED) is 0.560. The highest BCUT2D eigenvalue weighted by atomic mass is 16.3. The van der Waals surface area contributed by atoms with Gasteiger partial charge in [-0.25, -0.2) is 0 Å². The molecule has 6 heteroatoms. The molecule has 0 saturated carbocycles. The van der Waals surface area contributed by atoms with Gasteiger partial charge in [0.2, 0.25) is 0 Å². The smallest absolute Gasteiger partial charge is 0.268 e. The zero-order chi connectivity index (χ0) is 22.2. The highest BCUT2D eigenvalue weighted by Crippen LogP contribution is 2.15. The molecule has 1 aliphatic heterocycles. The fourth-order valence-electron chi connectivity index (χ4n) is 3.80. The van der Waals surface area contributed by atoms with E-state index in [1.807, 2.05) is 12.1 Å². The van der Waals surface area contributed by atoms with Crippen LogP contribution < -0.4 is 10.6 Å². The van der Waals surface area contributed by atoms with Crippen molar-refractivity contribution in [3.8, 4) is 0 Å². The van der Waals surface area contributed by atoms with E-state index < -0.39 is 0 Å². The van der Waals surface area contributed by atoms with Crippen molar-refractivity contribution in [3.05, 3.63) is 102 Å². The van der Waals surface area contributed by atoms with Crippen molar-refractivity contribution in [2.24, 2.45) is 0 Å². The third-order valence-electron chi connectivity index (χ3n) is 5.53. The molecule has 3 aromatic rings. The minimum Gasteiger partial charge on any atom is -0.465 e. The lowest BCUT2D eigenvalue weighted by Crippen LogP contribution is -2.46. The highest BCUT2D eigenvalue weighted by molar-refractivity contribution is 6.05. The van der Waals surface area contributed by atoms with Crippen LogP contribution >= 0.6 is 0 Å². The van der Waals surface area contributed by atoms with Crippen LogP contribution in [0, 0.1) is 0 Å². The Hall–Kier alpha value is -3.64. The Morgan fingerprint density at radius 2 is 1.62 bits per heavy atom. The van der Waals surface area contributed by atoms with Crippen LogP contribution in [0.4, 0.5) is 0 Å². The van der Waals surface area contributed by atoms with Gasteiger partial charge >= 0.3 is 0 Å². The van der Waals surface area contributed by atoms with E-state index in [-0.39, 0.29) is 23.6 Å². The molecule has 6 nitrogen and oxygen atoms in total. The molecule has 164 valence electrons. The minimum atomic E-state index is -0.337. The number of carbonyl (C=O) groups is 2. The zero-order valence-corrected chi connectivity index (χ0v) is 17.9. The van der Waals surface area contributed by atoms with Crippen LogP contribution in [0.1, 0.15) is 34.5 Å². The van der Waals surface area contributed by atoms with Crippen LogP contribution in [0.25, 0.3) is 6.08 Å². The summed E-state index contributed by atoms with van der Waals surface area (Å²) in [4.78, 5) is 28.1. The Morgan fingerprint density at radius 3 is 2.28 bits per heavy atom. The van der Waals surface area contributed by atoms with Crippen molar-refractivity contribution in [1.29, 1.82) is 0 Å². The molecule has 2 heterocycles. The lowest BCUT2D eigenvalue weighted by Gasteiger charge is -2.32. The van der Waals surface area contributed by atoms with Crippen LogP contribution in [0.3, 0.4) is 0 Å².